The van der Waals surface area contributed by atoms with Crippen molar-refractivity contribution >= 4 is 11.9 Å². The second-order valence-corrected chi connectivity index (χ2v) is 6.23. The van der Waals surface area contributed by atoms with E-state index in [0.717, 1.165) is 24.3 Å². The van der Waals surface area contributed by atoms with Crippen molar-refractivity contribution in [1.29, 1.82) is 0 Å². The molecule has 0 aromatic heterocycles. The lowest BCUT2D eigenvalue weighted by Gasteiger charge is -2.28. The van der Waals surface area contributed by atoms with Crippen molar-refractivity contribution in [2.75, 3.05) is 20.2 Å². The lowest BCUT2D eigenvalue weighted by molar-refractivity contribution is -0.276. The van der Waals surface area contributed by atoms with Gasteiger partial charge in [-0.25, -0.2) is 4.79 Å². The number of carbonyl (C=O) groups excluding carboxylic acids is 2. The number of alkyl halides is 10. The van der Waals surface area contributed by atoms with Gasteiger partial charge < -0.3 is 14.4 Å². The van der Waals surface area contributed by atoms with Crippen LogP contribution in [0.4, 0.5) is 43.9 Å². The Kier molecular flexibility index (Phi) is 8.15. The van der Waals surface area contributed by atoms with E-state index in [1.165, 1.54) is 6.92 Å². The van der Waals surface area contributed by atoms with E-state index in [4.69, 9.17) is 4.74 Å². The minimum absolute atomic E-state index is 0.00389. The lowest BCUT2D eigenvalue weighted by atomic mass is 10.1. The van der Waals surface area contributed by atoms with Crippen LogP contribution in [-0.4, -0.2) is 61.2 Å². The topological polar surface area (TPSA) is 55.8 Å². The summed E-state index contributed by atoms with van der Waals surface area (Å²) in [6, 6.07) is 3.46. The van der Waals surface area contributed by atoms with Crippen LogP contribution in [0.15, 0.2) is 24.3 Å². The monoisotopic (exact) mass is 487 g/mol. The van der Waals surface area contributed by atoms with Gasteiger partial charge in [0, 0.05) is 13.7 Å². The first-order valence-electron chi connectivity index (χ1n) is 8.44. The van der Waals surface area contributed by atoms with Crippen LogP contribution in [0, 0.1) is 0 Å². The molecular weight excluding hydrogens is 472 g/mol. The van der Waals surface area contributed by atoms with Crippen LogP contribution >= 0.6 is 0 Å². The van der Waals surface area contributed by atoms with Crippen molar-refractivity contribution in [3.8, 4) is 5.75 Å². The van der Waals surface area contributed by atoms with Gasteiger partial charge in [-0.1, -0.05) is 12.1 Å². The number of hydrogen-bond donors (Lipinski definition) is 0. The van der Waals surface area contributed by atoms with Gasteiger partial charge in [-0.05, 0) is 24.6 Å². The second-order valence-electron chi connectivity index (χ2n) is 6.23. The van der Waals surface area contributed by atoms with Gasteiger partial charge in [-0.3, -0.25) is 4.79 Å². The molecule has 1 amide bonds. The first-order valence-corrected chi connectivity index (χ1v) is 8.44. The Bertz CT molecular complexity index is 805. The molecule has 1 aromatic carbocycles. The average Bonchev–Trinajstić information content (AvgIpc) is 2.65. The van der Waals surface area contributed by atoms with Crippen molar-refractivity contribution in [2.24, 2.45) is 0 Å². The second kappa shape index (κ2) is 9.50. The Hall–Kier alpha value is -2.58. The molecule has 0 aliphatic rings. The normalized spacial score (nSPS) is 14.1. The van der Waals surface area contributed by atoms with E-state index in [9.17, 15) is 53.5 Å². The molecule has 0 bridgehead atoms. The van der Waals surface area contributed by atoms with Gasteiger partial charge in [-0.2, -0.15) is 43.9 Å². The Morgan fingerprint density at radius 1 is 0.875 bits per heavy atom. The van der Waals surface area contributed by atoms with E-state index in [0.29, 0.717) is 7.05 Å². The van der Waals surface area contributed by atoms with Crippen molar-refractivity contribution in [3.63, 3.8) is 0 Å². The van der Waals surface area contributed by atoms with Crippen LogP contribution in [0.1, 0.15) is 18.6 Å². The van der Waals surface area contributed by atoms with Gasteiger partial charge in [-0.15, -0.1) is 0 Å². The Balaban J connectivity index is 2.99. The van der Waals surface area contributed by atoms with Crippen molar-refractivity contribution in [2.45, 2.75) is 37.2 Å². The van der Waals surface area contributed by atoms with E-state index < -0.39 is 54.5 Å². The molecule has 0 aliphatic carbocycles. The van der Waals surface area contributed by atoms with Crippen LogP contribution in [0.2, 0.25) is 0 Å². The van der Waals surface area contributed by atoms with Crippen LogP contribution < -0.4 is 4.74 Å². The standard InChI is InChI=1S/C17H15F10NO4/c1-3-31-11(8-28(2)12(29)14(18,19)16(22,23)24)9-4-6-10(7-5-9)32-13(30)15(20,21)17(25,26)27/h4-7,11H,3,8H2,1-2H3. The largest absolute Gasteiger partial charge is 0.465 e. The van der Waals surface area contributed by atoms with Crippen molar-refractivity contribution < 1.29 is 63.0 Å². The predicted molar refractivity (Wildman–Crippen MR) is 86.1 cm³/mol. The molecule has 0 radical (unpaired) electrons. The summed E-state index contributed by atoms with van der Waals surface area (Å²) >= 11 is 0. The minimum atomic E-state index is -6.19. The zero-order valence-corrected chi connectivity index (χ0v) is 16.2. The summed E-state index contributed by atoms with van der Waals surface area (Å²) < 4.78 is 135. The molecule has 1 unspecified atom stereocenters. The Morgan fingerprint density at radius 3 is 1.75 bits per heavy atom. The molecule has 15 heteroatoms. The van der Waals surface area contributed by atoms with Crippen molar-refractivity contribution in [1.82, 2.24) is 4.90 Å². The number of rotatable bonds is 8. The number of hydrogen-bond acceptors (Lipinski definition) is 4. The van der Waals surface area contributed by atoms with E-state index in [-0.39, 0.29) is 17.1 Å². The molecule has 5 nitrogen and oxygen atoms in total. The Morgan fingerprint density at radius 2 is 1.34 bits per heavy atom. The molecule has 182 valence electrons. The number of carbonyl (C=O) groups is 2. The maximum atomic E-state index is 13.2. The highest BCUT2D eigenvalue weighted by molar-refractivity contribution is 5.84. The predicted octanol–water partition coefficient (Wildman–Crippen LogP) is 4.52. The van der Waals surface area contributed by atoms with Gasteiger partial charge in [0.15, 0.2) is 0 Å². The molecule has 1 rings (SSSR count). The molecule has 0 fully saturated rings. The molecule has 0 aliphatic heterocycles. The number of nitrogens with zero attached hydrogens (tertiary/aromatic N) is 1. The molecule has 0 N–H and O–H groups in total. The van der Waals surface area contributed by atoms with Gasteiger partial charge in [0.25, 0.3) is 0 Å². The summed E-state index contributed by atoms with van der Waals surface area (Å²) in [4.78, 5) is 22.6. The first kappa shape index (κ1) is 27.5. The summed E-state index contributed by atoms with van der Waals surface area (Å²) in [5, 5.41) is 0. The van der Waals surface area contributed by atoms with Crippen LogP contribution in [0.3, 0.4) is 0 Å². The third-order valence-electron chi connectivity index (χ3n) is 3.85. The molecule has 0 saturated heterocycles. The summed E-state index contributed by atoms with van der Waals surface area (Å²) in [6.07, 6.45) is -13.6. The maximum absolute atomic E-state index is 13.2. The molecular formula is C17H15F10NO4. The fourth-order valence-electron chi connectivity index (χ4n) is 2.19. The van der Waals surface area contributed by atoms with Gasteiger partial charge in [0.05, 0.1) is 12.6 Å². The van der Waals surface area contributed by atoms with Gasteiger partial charge >= 0.3 is 36.1 Å². The zero-order valence-electron chi connectivity index (χ0n) is 16.2. The summed E-state index contributed by atoms with van der Waals surface area (Å²) in [5.41, 5.74) is 0.00389. The SMILES string of the molecule is CCOC(CN(C)C(=O)C(F)(F)C(F)(F)F)c1ccc(OC(=O)C(F)(F)C(F)(F)F)cc1. The fraction of sp³-hybridized carbons (Fsp3) is 0.529. The quantitative estimate of drug-likeness (QED) is 0.308. The van der Waals surface area contributed by atoms with Crippen molar-refractivity contribution in [3.05, 3.63) is 29.8 Å². The van der Waals surface area contributed by atoms with E-state index in [2.05, 4.69) is 4.74 Å². The van der Waals surface area contributed by atoms with Gasteiger partial charge in [0.1, 0.15) is 5.75 Å². The maximum Gasteiger partial charge on any atom is 0.465 e. The number of likely N-dealkylation sites (N-methyl/N-ethyl adjacent to an activating group) is 1. The van der Waals surface area contributed by atoms with E-state index >= 15 is 0 Å². The Labute approximate surface area is 173 Å². The number of amides is 1. The molecule has 1 aromatic rings. The number of halogens is 10. The number of ether oxygens (including phenoxy) is 2. The highest BCUT2D eigenvalue weighted by atomic mass is 19.4. The van der Waals surface area contributed by atoms with Crippen LogP contribution in [0.25, 0.3) is 0 Å². The summed E-state index contributed by atoms with van der Waals surface area (Å²) in [6.45, 7) is 0.523. The lowest BCUT2D eigenvalue weighted by Crippen LogP contribution is -2.51. The molecule has 0 heterocycles. The molecule has 0 spiro atoms. The van der Waals surface area contributed by atoms with E-state index in [1.54, 1.807) is 0 Å². The highest BCUT2D eigenvalue weighted by Crippen LogP contribution is 2.38. The zero-order chi connectivity index (χ0) is 25.1. The summed E-state index contributed by atoms with van der Waals surface area (Å²) in [5.74, 6) is -17.7. The third kappa shape index (κ3) is 6.01. The average molecular weight is 487 g/mol. The summed E-state index contributed by atoms with van der Waals surface area (Å²) in [7, 11) is 0.656. The molecule has 0 saturated carbocycles. The fourth-order valence-corrected chi connectivity index (χ4v) is 2.19. The minimum Gasteiger partial charge on any atom is -0.422 e. The first-order chi connectivity index (χ1) is 14.4. The number of esters is 1. The van der Waals surface area contributed by atoms with E-state index in [1.807, 2.05) is 0 Å². The molecule has 32 heavy (non-hydrogen) atoms. The van der Waals surface area contributed by atoms with Gasteiger partial charge in [0.2, 0.25) is 0 Å². The third-order valence-corrected chi connectivity index (χ3v) is 3.85. The highest BCUT2D eigenvalue weighted by Gasteiger charge is 2.65. The smallest absolute Gasteiger partial charge is 0.422 e. The number of benzene rings is 1. The van der Waals surface area contributed by atoms with Crippen LogP contribution in [0.5, 0.6) is 5.75 Å². The molecule has 1 atom stereocenters. The van der Waals surface area contributed by atoms with Crippen LogP contribution in [-0.2, 0) is 14.3 Å².